The van der Waals surface area contributed by atoms with Crippen molar-refractivity contribution in [3.8, 4) is 0 Å². The third kappa shape index (κ3) is 2.50. The van der Waals surface area contributed by atoms with E-state index in [-0.39, 0.29) is 0 Å². The zero-order valence-corrected chi connectivity index (χ0v) is 9.17. The van der Waals surface area contributed by atoms with Gasteiger partial charge >= 0.3 is 5.97 Å². The van der Waals surface area contributed by atoms with Crippen molar-refractivity contribution in [1.29, 1.82) is 0 Å². The lowest BCUT2D eigenvalue weighted by Gasteiger charge is -2.21. The molecule has 3 nitrogen and oxygen atoms in total. The van der Waals surface area contributed by atoms with Crippen molar-refractivity contribution in [2.24, 2.45) is 0 Å². The lowest BCUT2D eigenvalue weighted by Crippen LogP contribution is -2.05. The number of pyridine rings is 1. The molecule has 1 aliphatic heterocycles. The van der Waals surface area contributed by atoms with Crippen LogP contribution in [0.2, 0.25) is 0 Å². The van der Waals surface area contributed by atoms with Gasteiger partial charge in [0.15, 0.2) is 0 Å². The normalized spacial score (nSPS) is 21.2. The molecule has 2 heterocycles. The first kappa shape index (κ1) is 10.5. The second kappa shape index (κ2) is 4.66. The van der Waals surface area contributed by atoms with E-state index in [2.05, 4.69) is 4.98 Å². The number of aromatic nitrogens is 1. The average molecular weight is 223 g/mol. The molecule has 2 rings (SSSR count). The van der Waals surface area contributed by atoms with Crippen LogP contribution in [0.5, 0.6) is 0 Å². The fourth-order valence-electron chi connectivity index (χ4n) is 1.75. The summed E-state index contributed by atoms with van der Waals surface area (Å²) in [6.45, 7) is 0. The van der Waals surface area contributed by atoms with E-state index in [1.54, 1.807) is 12.3 Å². The largest absolute Gasteiger partial charge is 0.478 e. The van der Waals surface area contributed by atoms with Crippen LogP contribution in [0.4, 0.5) is 0 Å². The van der Waals surface area contributed by atoms with Gasteiger partial charge in [0.25, 0.3) is 0 Å². The second-order valence-corrected chi connectivity index (χ2v) is 4.98. The Kier molecular flexibility index (Phi) is 3.26. The predicted octanol–water partition coefficient (Wildman–Crippen LogP) is 2.74. The molecular formula is C11H13NO2S. The van der Waals surface area contributed by atoms with E-state index in [0.717, 1.165) is 12.0 Å². The Morgan fingerprint density at radius 2 is 2.33 bits per heavy atom. The topological polar surface area (TPSA) is 50.2 Å². The van der Waals surface area contributed by atoms with Crippen LogP contribution in [0.1, 0.15) is 40.4 Å². The lowest BCUT2D eigenvalue weighted by molar-refractivity contribution is 0.0696. The molecular weight excluding hydrogens is 210 g/mol. The van der Waals surface area contributed by atoms with Gasteiger partial charge in [0.1, 0.15) is 0 Å². The third-order valence-electron chi connectivity index (χ3n) is 2.56. The summed E-state index contributed by atoms with van der Waals surface area (Å²) in [5.41, 5.74) is 1.35. The molecule has 0 aromatic carbocycles. The standard InChI is InChI=1S/C11H13NO2S/c13-11(14)9-5-8(6-12-7-9)10-3-1-2-4-15-10/h5-7,10H,1-4H2,(H,13,14). The number of carboxylic acids is 1. The highest BCUT2D eigenvalue weighted by Crippen LogP contribution is 2.37. The molecule has 1 aliphatic rings. The van der Waals surface area contributed by atoms with Gasteiger partial charge in [-0.15, -0.1) is 0 Å². The van der Waals surface area contributed by atoms with Crippen molar-refractivity contribution in [3.63, 3.8) is 0 Å². The number of aromatic carboxylic acids is 1. The Morgan fingerprint density at radius 1 is 1.47 bits per heavy atom. The maximum atomic E-state index is 10.8. The number of rotatable bonds is 2. The van der Waals surface area contributed by atoms with Crippen molar-refractivity contribution in [2.75, 3.05) is 5.75 Å². The molecule has 4 heteroatoms. The van der Waals surface area contributed by atoms with E-state index in [0.29, 0.717) is 10.8 Å². The maximum Gasteiger partial charge on any atom is 0.337 e. The minimum absolute atomic E-state index is 0.290. The Bertz CT molecular complexity index is 361. The van der Waals surface area contributed by atoms with E-state index < -0.39 is 5.97 Å². The Morgan fingerprint density at radius 3 is 3.00 bits per heavy atom. The Balaban J connectivity index is 2.19. The highest BCUT2D eigenvalue weighted by Gasteiger charge is 2.17. The quantitative estimate of drug-likeness (QED) is 0.837. The van der Waals surface area contributed by atoms with Crippen molar-refractivity contribution in [3.05, 3.63) is 29.6 Å². The third-order valence-corrected chi connectivity index (χ3v) is 3.99. The Hall–Kier alpha value is -1.03. The molecule has 1 aromatic rings. The summed E-state index contributed by atoms with van der Waals surface area (Å²) in [6, 6.07) is 1.75. The van der Waals surface area contributed by atoms with Gasteiger partial charge < -0.3 is 5.11 Å². The van der Waals surface area contributed by atoms with Crippen molar-refractivity contribution >= 4 is 17.7 Å². The van der Waals surface area contributed by atoms with Crippen molar-refractivity contribution < 1.29 is 9.90 Å². The molecule has 1 saturated heterocycles. The number of thioether (sulfide) groups is 1. The predicted molar refractivity (Wildman–Crippen MR) is 60.2 cm³/mol. The molecule has 0 saturated carbocycles. The average Bonchev–Trinajstić information content (AvgIpc) is 2.30. The summed E-state index contributed by atoms with van der Waals surface area (Å²) >= 11 is 1.90. The zero-order valence-electron chi connectivity index (χ0n) is 8.35. The summed E-state index contributed by atoms with van der Waals surface area (Å²) < 4.78 is 0. The number of nitrogens with zero attached hydrogens (tertiary/aromatic N) is 1. The highest BCUT2D eigenvalue weighted by molar-refractivity contribution is 7.99. The molecule has 1 aromatic heterocycles. The van der Waals surface area contributed by atoms with Crippen LogP contribution in [-0.2, 0) is 0 Å². The first-order valence-electron chi connectivity index (χ1n) is 5.07. The van der Waals surface area contributed by atoms with E-state index in [1.807, 2.05) is 11.8 Å². The zero-order chi connectivity index (χ0) is 10.7. The van der Waals surface area contributed by atoms with Gasteiger partial charge in [-0.3, -0.25) is 4.98 Å². The summed E-state index contributed by atoms with van der Waals surface area (Å²) in [7, 11) is 0. The maximum absolute atomic E-state index is 10.8. The van der Waals surface area contributed by atoms with Gasteiger partial charge in [0.05, 0.1) is 5.56 Å². The molecule has 0 amide bonds. The van der Waals surface area contributed by atoms with Gasteiger partial charge in [-0.2, -0.15) is 11.8 Å². The fraction of sp³-hybridized carbons (Fsp3) is 0.455. The minimum Gasteiger partial charge on any atom is -0.478 e. The SMILES string of the molecule is O=C(O)c1cncc(C2CCCCS2)c1. The van der Waals surface area contributed by atoms with Crippen molar-refractivity contribution in [1.82, 2.24) is 4.98 Å². The monoisotopic (exact) mass is 223 g/mol. The van der Waals surface area contributed by atoms with Gasteiger partial charge in [0, 0.05) is 17.6 Å². The summed E-state index contributed by atoms with van der Waals surface area (Å²) in [5, 5.41) is 9.30. The highest BCUT2D eigenvalue weighted by atomic mass is 32.2. The smallest absolute Gasteiger partial charge is 0.337 e. The van der Waals surface area contributed by atoms with E-state index >= 15 is 0 Å². The van der Waals surface area contributed by atoms with Crippen LogP contribution >= 0.6 is 11.8 Å². The first-order valence-corrected chi connectivity index (χ1v) is 6.12. The number of carboxylic acid groups (broad SMARTS) is 1. The minimum atomic E-state index is -0.898. The van der Waals surface area contributed by atoms with Crippen LogP contribution in [0, 0.1) is 0 Å². The fourth-order valence-corrected chi connectivity index (χ4v) is 3.06. The van der Waals surface area contributed by atoms with Crippen LogP contribution in [0.3, 0.4) is 0 Å². The number of hydrogen-bond acceptors (Lipinski definition) is 3. The van der Waals surface area contributed by atoms with Gasteiger partial charge in [0.2, 0.25) is 0 Å². The van der Waals surface area contributed by atoms with Gasteiger partial charge in [-0.1, -0.05) is 6.42 Å². The summed E-state index contributed by atoms with van der Waals surface area (Å²) in [6.07, 6.45) is 6.83. The van der Waals surface area contributed by atoms with Crippen LogP contribution in [0.15, 0.2) is 18.5 Å². The van der Waals surface area contributed by atoms with E-state index in [4.69, 9.17) is 5.11 Å². The van der Waals surface area contributed by atoms with E-state index in [1.165, 1.54) is 24.8 Å². The van der Waals surface area contributed by atoms with Crippen molar-refractivity contribution in [2.45, 2.75) is 24.5 Å². The summed E-state index contributed by atoms with van der Waals surface area (Å²) in [5.74, 6) is 0.271. The van der Waals surface area contributed by atoms with E-state index in [9.17, 15) is 4.79 Å². The second-order valence-electron chi connectivity index (χ2n) is 3.67. The number of carbonyl (C=O) groups is 1. The Labute approximate surface area is 92.9 Å². The molecule has 15 heavy (non-hydrogen) atoms. The number of hydrogen-bond donors (Lipinski definition) is 1. The van der Waals surface area contributed by atoms with Crippen LogP contribution < -0.4 is 0 Å². The molecule has 0 bridgehead atoms. The van der Waals surface area contributed by atoms with Gasteiger partial charge in [-0.05, 0) is 30.2 Å². The van der Waals surface area contributed by atoms with Crippen LogP contribution in [0.25, 0.3) is 0 Å². The molecule has 0 spiro atoms. The molecule has 1 atom stereocenters. The first-order chi connectivity index (χ1) is 7.27. The summed E-state index contributed by atoms with van der Waals surface area (Å²) in [4.78, 5) is 14.8. The molecule has 1 N–H and O–H groups in total. The molecule has 1 fully saturated rings. The molecule has 0 radical (unpaired) electrons. The molecule has 1 unspecified atom stereocenters. The van der Waals surface area contributed by atoms with Crippen LogP contribution in [-0.4, -0.2) is 21.8 Å². The van der Waals surface area contributed by atoms with Gasteiger partial charge in [-0.25, -0.2) is 4.79 Å². The lowest BCUT2D eigenvalue weighted by atomic mass is 10.1. The molecule has 0 aliphatic carbocycles. The molecule has 80 valence electrons.